The van der Waals surface area contributed by atoms with Gasteiger partial charge in [-0.3, -0.25) is 0 Å². The SMILES string of the molecule is OCC(O)CCCCCCCCCCS. The molecule has 3 heteroatoms. The quantitative estimate of drug-likeness (QED) is 0.380. The minimum absolute atomic E-state index is 0.0935. The second kappa shape index (κ2) is 12.3. The molecule has 0 aliphatic rings. The maximum atomic E-state index is 9.10. The van der Waals surface area contributed by atoms with Crippen molar-refractivity contribution >= 4 is 12.6 Å². The van der Waals surface area contributed by atoms with E-state index < -0.39 is 6.10 Å². The van der Waals surface area contributed by atoms with Gasteiger partial charge in [0, 0.05) is 0 Å². The minimum Gasteiger partial charge on any atom is -0.394 e. The number of aliphatic hydroxyl groups is 2. The Balaban J connectivity index is 2.92. The summed E-state index contributed by atoms with van der Waals surface area (Å²) in [6, 6.07) is 0. The summed E-state index contributed by atoms with van der Waals surface area (Å²) in [6.45, 7) is -0.0935. The predicted octanol–water partition coefficient (Wildman–Crippen LogP) is 2.78. The molecule has 0 spiro atoms. The zero-order valence-corrected chi connectivity index (χ0v) is 10.6. The van der Waals surface area contributed by atoms with E-state index in [1.165, 1.54) is 44.9 Å². The van der Waals surface area contributed by atoms with Crippen molar-refractivity contribution < 1.29 is 10.2 Å². The van der Waals surface area contributed by atoms with E-state index in [0.717, 1.165) is 18.6 Å². The largest absolute Gasteiger partial charge is 0.394 e. The van der Waals surface area contributed by atoms with Crippen molar-refractivity contribution in [2.24, 2.45) is 0 Å². The monoisotopic (exact) mass is 234 g/mol. The van der Waals surface area contributed by atoms with Crippen LogP contribution in [0.1, 0.15) is 57.8 Å². The molecule has 0 aromatic heterocycles. The van der Waals surface area contributed by atoms with E-state index in [9.17, 15) is 0 Å². The molecule has 0 aliphatic carbocycles. The lowest BCUT2D eigenvalue weighted by molar-refractivity contribution is 0.0860. The zero-order chi connectivity index (χ0) is 11.4. The molecule has 92 valence electrons. The van der Waals surface area contributed by atoms with Gasteiger partial charge in [-0.1, -0.05) is 44.9 Å². The fourth-order valence-corrected chi connectivity index (χ4v) is 1.87. The second-order valence-electron chi connectivity index (χ2n) is 4.18. The van der Waals surface area contributed by atoms with Crippen molar-refractivity contribution in [1.82, 2.24) is 0 Å². The van der Waals surface area contributed by atoms with Crippen molar-refractivity contribution in [3.8, 4) is 0 Å². The highest BCUT2D eigenvalue weighted by Crippen LogP contribution is 2.10. The molecule has 0 radical (unpaired) electrons. The summed E-state index contributed by atoms with van der Waals surface area (Å²) < 4.78 is 0. The van der Waals surface area contributed by atoms with Gasteiger partial charge >= 0.3 is 0 Å². The smallest absolute Gasteiger partial charge is 0.0770 e. The molecule has 0 saturated heterocycles. The molecule has 0 heterocycles. The average Bonchev–Trinajstić information content (AvgIpc) is 2.26. The summed E-state index contributed by atoms with van der Waals surface area (Å²) in [5.41, 5.74) is 0. The first kappa shape index (κ1) is 15.3. The second-order valence-corrected chi connectivity index (χ2v) is 4.62. The van der Waals surface area contributed by atoms with Gasteiger partial charge in [-0.25, -0.2) is 0 Å². The fraction of sp³-hybridized carbons (Fsp3) is 1.00. The van der Waals surface area contributed by atoms with E-state index >= 15 is 0 Å². The normalized spacial score (nSPS) is 13.0. The van der Waals surface area contributed by atoms with Crippen molar-refractivity contribution in [1.29, 1.82) is 0 Å². The summed E-state index contributed by atoms with van der Waals surface area (Å²) in [5.74, 6) is 1.01. The molecule has 0 saturated carbocycles. The highest BCUT2D eigenvalue weighted by Gasteiger charge is 2.00. The molecule has 0 aromatic carbocycles. The van der Waals surface area contributed by atoms with Gasteiger partial charge in [-0.05, 0) is 18.6 Å². The van der Waals surface area contributed by atoms with Crippen molar-refractivity contribution in [3.05, 3.63) is 0 Å². The van der Waals surface area contributed by atoms with Crippen molar-refractivity contribution in [2.75, 3.05) is 12.4 Å². The van der Waals surface area contributed by atoms with Gasteiger partial charge in [0.15, 0.2) is 0 Å². The Morgan fingerprint density at radius 2 is 1.27 bits per heavy atom. The van der Waals surface area contributed by atoms with Crippen LogP contribution in [0.25, 0.3) is 0 Å². The molecule has 0 bridgehead atoms. The van der Waals surface area contributed by atoms with Crippen LogP contribution < -0.4 is 0 Å². The lowest BCUT2D eigenvalue weighted by atomic mass is 10.1. The molecule has 0 aromatic rings. The van der Waals surface area contributed by atoms with E-state index in [1.54, 1.807) is 0 Å². The molecule has 0 aliphatic heterocycles. The third-order valence-electron chi connectivity index (χ3n) is 2.66. The van der Waals surface area contributed by atoms with Gasteiger partial charge < -0.3 is 10.2 Å². The van der Waals surface area contributed by atoms with Gasteiger partial charge in [-0.15, -0.1) is 0 Å². The number of unbranched alkanes of at least 4 members (excludes halogenated alkanes) is 7. The average molecular weight is 234 g/mol. The fourth-order valence-electron chi connectivity index (χ4n) is 1.64. The first-order chi connectivity index (χ1) is 7.31. The van der Waals surface area contributed by atoms with Gasteiger partial charge in [0.2, 0.25) is 0 Å². The van der Waals surface area contributed by atoms with Crippen LogP contribution in [-0.2, 0) is 0 Å². The first-order valence-electron chi connectivity index (χ1n) is 6.21. The summed E-state index contributed by atoms with van der Waals surface area (Å²) in [6.07, 6.45) is 10.3. The summed E-state index contributed by atoms with van der Waals surface area (Å²) in [4.78, 5) is 0. The maximum Gasteiger partial charge on any atom is 0.0770 e. The molecule has 0 rings (SSSR count). The molecule has 0 fully saturated rings. The Kier molecular flexibility index (Phi) is 12.6. The van der Waals surface area contributed by atoms with Crippen LogP contribution in [0.2, 0.25) is 0 Å². The standard InChI is InChI=1S/C12H26O2S/c13-11-12(14)9-7-5-3-1-2-4-6-8-10-15/h12-15H,1-11H2. The lowest BCUT2D eigenvalue weighted by Crippen LogP contribution is -2.10. The number of rotatable bonds is 11. The van der Waals surface area contributed by atoms with Crippen LogP contribution in [0.5, 0.6) is 0 Å². The van der Waals surface area contributed by atoms with Crippen LogP contribution in [0.3, 0.4) is 0 Å². The van der Waals surface area contributed by atoms with Gasteiger partial charge in [0.05, 0.1) is 12.7 Å². The molecule has 1 unspecified atom stereocenters. The van der Waals surface area contributed by atoms with Gasteiger partial charge in [0.1, 0.15) is 0 Å². The molecule has 2 N–H and O–H groups in total. The van der Waals surface area contributed by atoms with Crippen LogP contribution in [0.4, 0.5) is 0 Å². The molecule has 0 amide bonds. The van der Waals surface area contributed by atoms with Gasteiger partial charge in [0.25, 0.3) is 0 Å². The van der Waals surface area contributed by atoms with Crippen LogP contribution >= 0.6 is 12.6 Å². The summed E-state index contributed by atoms with van der Waals surface area (Å²) in [7, 11) is 0. The van der Waals surface area contributed by atoms with Gasteiger partial charge in [-0.2, -0.15) is 12.6 Å². The van der Waals surface area contributed by atoms with E-state index in [4.69, 9.17) is 10.2 Å². The van der Waals surface area contributed by atoms with Crippen molar-refractivity contribution in [3.63, 3.8) is 0 Å². The number of hydrogen-bond acceptors (Lipinski definition) is 3. The van der Waals surface area contributed by atoms with Crippen molar-refractivity contribution in [2.45, 2.75) is 63.9 Å². The Bertz CT molecular complexity index is 120. The molecule has 1 atom stereocenters. The molecular weight excluding hydrogens is 208 g/mol. The summed E-state index contributed by atoms with van der Waals surface area (Å²) >= 11 is 4.18. The maximum absolute atomic E-state index is 9.10. The van der Waals surface area contributed by atoms with E-state index in [1.807, 2.05) is 0 Å². The van der Waals surface area contributed by atoms with Crippen LogP contribution in [-0.4, -0.2) is 28.7 Å². The molecular formula is C12H26O2S. The Morgan fingerprint density at radius 1 is 0.800 bits per heavy atom. The Labute approximate surface area is 99.5 Å². The summed E-state index contributed by atoms with van der Waals surface area (Å²) in [5, 5.41) is 17.7. The van der Waals surface area contributed by atoms with E-state index in [0.29, 0.717) is 0 Å². The predicted molar refractivity (Wildman–Crippen MR) is 68.5 cm³/mol. The number of hydrogen-bond donors (Lipinski definition) is 3. The van der Waals surface area contributed by atoms with Crippen LogP contribution in [0, 0.1) is 0 Å². The van der Waals surface area contributed by atoms with Crippen LogP contribution in [0.15, 0.2) is 0 Å². The highest BCUT2D eigenvalue weighted by atomic mass is 32.1. The zero-order valence-electron chi connectivity index (χ0n) is 9.70. The first-order valence-corrected chi connectivity index (χ1v) is 6.84. The molecule has 15 heavy (non-hydrogen) atoms. The Morgan fingerprint density at radius 3 is 1.73 bits per heavy atom. The van der Waals surface area contributed by atoms with E-state index in [2.05, 4.69) is 12.6 Å². The number of aliphatic hydroxyl groups excluding tert-OH is 2. The number of thiol groups is 1. The van der Waals surface area contributed by atoms with E-state index in [-0.39, 0.29) is 6.61 Å². The topological polar surface area (TPSA) is 40.5 Å². The lowest BCUT2D eigenvalue weighted by Gasteiger charge is -2.06. The minimum atomic E-state index is -0.500. The Hall–Kier alpha value is 0.270. The third-order valence-corrected chi connectivity index (χ3v) is 2.97. The molecule has 2 nitrogen and oxygen atoms in total. The third kappa shape index (κ3) is 12.2. The highest BCUT2D eigenvalue weighted by molar-refractivity contribution is 7.80.